The SMILES string of the molecule is COC1(C)CCC(CC(N)=O)CC1.Cl. The van der Waals surface area contributed by atoms with Crippen molar-refractivity contribution in [2.75, 3.05) is 7.11 Å². The van der Waals surface area contributed by atoms with Crippen LogP contribution in [0.15, 0.2) is 0 Å². The molecular formula is C10H20ClNO2. The second kappa shape index (κ2) is 5.56. The van der Waals surface area contributed by atoms with Crippen LogP contribution in [0.3, 0.4) is 0 Å². The number of carbonyl (C=O) groups excluding carboxylic acids is 1. The van der Waals surface area contributed by atoms with Gasteiger partial charge < -0.3 is 10.5 Å². The molecular weight excluding hydrogens is 202 g/mol. The molecule has 0 aliphatic heterocycles. The quantitative estimate of drug-likeness (QED) is 0.791. The Hall–Kier alpha value is -0.280. The maximum Gasteiger partial charge on any atom is 0.217 e. The molecule has 0 atom stereocenters. The minimum Gasteiger partial charge on any atom is -0.379 e. The number of amides is 1. The minimum absolute atomic E-state index is 0. The lowest BCUT2D eigenvalue weighted by molar-refractivity contribution is -0.119. The van der Waals surface area contributed by atoms with Gasteiger partial charge in [-0.2, -0.15) is 0 Å². The molecule has 0 aromatic carbocycles. The second-order valence-corrected chi connectivity index (χ2v) is 4.27. The summed E-state index contributed by atoms with van der Waals surface area (Å²) in [6.07, 6.45) is 4.75. The standard InChI is InChI=1S/C10H19NO2.ClH/c1-10(13-2)5-3-8(4-6-10)7-9(11)12;/h8H,3-7H2,1-2H3,(H2,11,12);1H. The molecule has 0 bridgehead atoms. The van der Waals surface area contributed by atoms with Gasteiger partial charge in [-0.3, -0.25) is 4.79 Å². The first kappa shape index (κ1) is 13.7. The zero-order chi connectivity index (χ0) is 9.90. The van der Waals surface area contributed by atoms with Crippen molar-refractivity contribution in [2.24, 2.45) is 11.7 Å². The van der Waals surface area contributed by atoms with Gasteiger partial charge in [-0.15, -0.1) is 12.4 Å². The maximum absolute atomic E-state index is 10.7. The third-order valence-electron chi connectivity index (χ3n) is 3.15. The smallest absolute Gasteiger partial charge is 0.217 e. The molecule has 84 valence electrons. The van der Waals surface area contributed by atoms with Crippen molar-refractivity contribution in [3.8, 4) is 0 Å². The van der Waals surface area contributed by atoms with E-state index in [2.05, 4.69) is 6.92 Å². The summed E-state index contributed by atoms with van der Waals surface area (Å²) in [4.78, 5) is 10.7. The molecule has 0 unspecified atom stereocenters. The number of carbonyl (C=O) groups is 1. The van der Waals surface area contributed by atoms with Gasteiger partial charge in [0.1, 0.15) is 0 Å². The topological polar surface area (TPSA) is 52.3 Å². The Morgan fingerprint density at radius 3 is 2.36 bits per heavy atom. The van der Waals surface area contributed by atoms with Crippen molar-refractivity contribution < 1.29 is 9.53 Å². The van der Waals surface area contributed by atoms with E-state index in [4.69, 9.17) is 10.5 Å². The number of hydrogen-bond acceptors (Lipinski definition) is 2. The normalized spacial score (nSPS) is 32.0. The molecule has 0 aromatic heterocycles. The number of ether oxygens (including phenoxy) is 1. The molecule has 1 fully saturated rings. The van der Waals surface area contributed by atoms with E-state index < -0.39 is 0 Å². The summed E-state index contributed by atoms with van der Waals surface area (Å²) in [7, 11) is 1.76. The van der Waals surface area contributed by atoms with Gasteiger partial charge in [0.05, 0.1) is 5.60 Å². The third kappa shape index (κ3) is 3.84. The number of primary amides is 1. The van der Waals surface area contributed by atoms with E-state index in [0.29, 0.717) is 12.3 Å². The molecule has 0 aromatic rings. The van der Waals surface area contributed by atoms with Crippen molar-refractivity contribution in [3.63, 3.8) is 0 Å². The van der Waals surface area contributed by atoms with Gasteiger partial charge in [0.2, 0.25) is 5.91 Å². The van der Waals surface area contributed by atoms with Crippen LogP contribution in [0.2, 0.25) is 0 Å². The van der Waals surface area contributed by atoms with E-state index in [9.17, 15) is 4.79 Å². The Bertz CT molecular complexity index is 189. The van der Waals surface area contributed by atoms with Gasteiger partial charge in [-0.05, 0) is 38.5 Å². The van der Waals surface area contributed by atoms with E-state index in [1.165, 1.54) is 0 Å². The summed E-state index contributed by atoms with van der Waals surface area (Å²) in [6.45, 7) is 2.13. The van der Waals surface area contributed by atoms with Crippen LogP contribution in [0.5, 0.6) is 0 Å². The third-order valence-corrected chi connectivity index (χ3v) is 3.15. The van der Waals surface area contributed by atoms with Crippen molar-refractivity contribution in [1.82, 2.24) is 0 Å². The van der Waals surface area contributed by atoms with E-state index in [-0.39, 0.29) is 23.9 Å². The Labute approximate surface area is 91.8 Å². The van der Waals surface area contributed by atoms with Crippen molar-refractivity contribution in [2.45, 2.75) is 44.6 Å². The van der Waals surface area contributed by atoms with Gasteiger partial charge >= 0.3 is 0 Å². The summed E-state index contributed by atoms with van der Waals surface area (Å²) in [5.41, 5.74) is 5.19. The minimum atomic E-state index is -0.175. The van der Waals surface area contributed by atoms with Crippen LogP contribution in [0.25, 0.3) is 0 Å². The summed E-state index contributed by atoms with van der Waals surface area (Å²) >= 11 is 0. The van der Waals surface area contributed by atoms with Gasteiger partial charge in [0.25, 0.3) is 0 Å². The van der Waals surface area contributed by atoms with E-state index in [1.54, 1.807) is 7.11 Å². The number of rotatable bonds is 3. The van der Waals surface area contributed by atoms with Gasteiger partial charge in [0.15, 0.2) is 0 Å². The molecule has 4 heteroatoms. The first-order chi connectivity index (χ1) is 6.06. The molecule has 0 spiro atoms. The Kier molecular flexibility index (Phi) is 5.45. The Morgan fingerprint density at radius 2 is 2.00 bits per heavy atom. The fourth-order valence-electron chi connectivity index (χ4n) is 1.98. The van der Waals surface area contributed by atoms with Crippen LogP contribution in [0.1, 0.15) is 39.0 Å². The molecule has 0 saturated heterocycles. The number of hydrogen-bond donors (Lipinski definition) is 1. The average Bonchev–Trinajstić information content (AvgIpc) is 2.09. The highest BCUT2D eigenvalue weighted by Gasteiger charge is 2.31. The first-order valence-electron chi connectivity index (χ1n) is 4.89. The predicted molar refractivity (Wildman–Crippen MR) is 58.4 cm³/mol. The fraction of sp³-hybridized carbons (Fsp3) is 0.900. The number of nitrogens with two attached hydrogens (primary N) is 1. The van der Waals surface area contributed by atoms with Gasteiger partial charge in [0, 0.05) is 13.5 Å². The number of methoxy groups -OCH3 is 1. The lowest BCUT2D eigenvalue weighted by Crippen LogP contribution is -2.33. The van der Waals surface area contributed by atoms with E-state index >= 15 is 0 Å². The zero-order valence-electron chi connectivity index (χ0n) is 8.91. The summed E-state index contributed by atoms with van der Waals surface area (Å²) < 4.78 is 5.42. The summed E-state index contributed by atoms with van der Waals surface area (Å²) in [6, 6.07) is 0. The van der Waals surface area contributed by atoms with Crippen molar-refractivity contribution in [1.29, 1.82) is 0 Å². The van der Waals surface area contributed by atoms with E-state index in [0.717, 1.165) is 25.7 Å². The fourth-order valence-corrected chi connectivity index (χ4v) is 1.98. The first-order valence-corrected chi connectivity index (χ1v) is 4.89. The Morgan fingerprint density at radius 1 is 1.50 bits per heavy atom. The zero-order valence-corrected chi connectivity index (χ0v) is 9.73. The molecule has 0 heterocycles. The largest absolute Gasteiger partial charge is 0.379 e. The molecule has 0 radical (unpaired) electrons. The van der Waals surface area contributed by atoms with Crippen molar-refractivity contribution in [3.05, 3.63) is 0 Å². The molecule has 2 N–H and O–H groups in total. The van der Waals surface area contributed by atoms with Crippen LogP contribution >= 0.6 is 12.4 Å². The highest BCUT2D eigenvalue weighted by Crippen LogP contribution is 2.35. The molecule has 1 aliphatic rings. The molecule has 1 aliphatic carbocycles. The van der Waals surface area contributed by atoms with Crippen LogP contribution < -0.4 is 5.73 Å². The summed E-state index contributed by atoms with van der Waals surface area (Å²) in [5, 5.41) is 0. The maximum atomic E-state index is 10.7. The molecule has 1 amide bonds. The van der Waals surface area contributed by atoms with Crippen molar-refractivity contribution >= 4 is 18.3 Å². The van der Waals surface area contributed by atoms with E-state index in [1.807, 2.05) is 0 Å². The van der Waals surface area contributed by atoms with Gasteiger partial charge in [-0.25, -0.2) is 0 Å². The molecule has 1 rings (SSSR count). The monoisotopic (exact) mass is 221 g/mol. The van der Waals surface area contributed by atoms with Gasteiger partial charge in [-0.1, -0.05) is 0 Å². The molecule has 14 heavy (non-hydrogen) atoms. The second-order valence-electron chi connectivity index (χ2n) is 4.27. The number of halogens is 1. The summed E-state index contributed by atoms with van der Waals surface area (Å²) in [5.74, 6) is 0.312. The Balaban J connectivity index is 0.00000169. The average molecular weight is 222 g/mol. The highest BCUT2D eigenvalue weighted by atomic mass is 35.5. The van der Waals surface area contributed by atoms with Crippen LogP contribution in [0.4, 0.5) is 0 Å². The lowest BCUT2D eigenvalue weighted by atomic mass is 9.78. The molecule has 3 nitrogen and oxygen atoms in total. The van der Waals surface area contributed by atoms with Crippen LogP contribution in [-0.2, 0) is 9.53 Å². The van der Waals surface area contributed by atoms with Crippen LogP contribution in [0, 0.1) is 5.92 Å². The lowest BCUT2D eigenvalue weighted by Gasteiger charge is -2.35. The predicted octanol–water partition coefficient (Wildman–Crippen LogP) is 1.88. The highest BCUT2D eigenvalue weighted by molar-refractivity contribution is 5.85. The molecule has 1 saturated carbocycles. The van der Waals surface area contributed by atoms with Crippen LogP contribution in [-0.4, -0.2) is 18.6 Å².